The van der Waals surface area contributed by atoms with Crippen LogP contribution < -0.4 is 5.73 Å². The molecule has 0 radical (unpaired) electrons. The van der Waals surface area contributed by atoms with Gasteiger partial charge in [0.05, 0.1) is 5.69 Å². The van der Waals surface area contributed by atoms with E-state index < -0.39 is 11.6 Å². The minimum Gasteiger partial charge on any atom is -0.396 e. The van der Waals surface area contributed by atoms with Gasteiger partial charge in [0.25, 0.3) is 0 Å². The van der Waals surface area contributed by atoms with Crippen LogP contribution in [0.1, 0.15) is 4.88 Å². The highest BCUT2D eigenvalue weighted by atomic mass is 32.1. The van der Waals surface area contributed by atoms with Crippen molar-refractivity contribution in [1.29, 1.82) is 0 Å². The first-order valence-corrected chi connectivity index (χ1v) is 5.21. The van der Waals surface area contributed by atoms with E-state index in [-0.39, 0.29) is 11.3 Å². The monoisotopic (exact) mass is 225 g/mol. The van der Waals surface area contributed by atoms with Crippen LogP contribution >= 0.6 is 11.3 Å². The third-order valence-electron chi connectivity index (χ3n) is 2.09. The van der Waals surface area contributed by atoms with E-state index in [1.165, 1.54) is 11.3 Å². The van der Waals surface area contributed by atoms with E-state index in [2.05, 4.69) is 0 Å². The molecule has 15 heavy (non-hydrogen) atoms. The average molecular weight is 225 g/mol. The summed E-state index contributed by atoms with van der Waals surface area (Å²) in [5, 5.41) is 0. The summed E-state index contributed by atoms with van der Waals surface area (Å²) in [4.78, 5) is 1.77. The first-order valence-electron chi connectivity index (χ1n) is 4.39. The van der Waals surface area contributed by atoms with Crippen molar-refractivity contribution < 1.29 is 8.78 Å². The molecule has 4 heteroatoms. The first-order chi connectivity index (χ1) is 7.08. The molecule has 0 aliphatic rings. The number of benzene rings is 1. The fraction of sp³-hybridized carbons (Fsp3) is 0.0909. The van der Waals surface area contributed by atoms with Crippen LogP contribution in [0.15, 0.2) is 24.3 Å². The molecule has 1 nitrogen and oxygen atoms in total. The molecule has 78 valence electrons. The zero-order valence-corrected chi connectivity index (χ0v) is 8.87. The summed E-state index contributed by atoms with van der Waals surface area (Å²) in [6.45, 7) is 1.92. The van der Waals surface area contributed by atoms with Crippen LogP contribution in [0.5, 0.6) is 0 Å². The van der Waals surface area contributed by atoms with Crippen LogP contribution in [-0.4, -0.2) is 0 Å². The smallest absolute Gasteiger partial charge is 0.146 e. The molecule has 0 aliphatic heterocycles. The van der Waals surface area contributed by atoms with Gasteiger partial charge in [-0.25, -0.2) is 8.78 Å². The van der Waals surface area contributed by atoms with Crippen LogP contribution in [0.3, 0.4) is 0 Å². The lowest BCUT2D eigenvalue weighted by Crippen LogP contribution is -1.93. The maximum atomic E-state index is 13.5. The van der Waals surface area contributed by atoms with E-state index in [9.17, 15) is 8.78 Å². The van der Waals surface area contributed by atoms with Crippen LogP contribution in [-0.2, 0) is 0 Å². The highest BCUT2D eigenvalue weighted by Crippen LogP contribution is 2.31. The van der Waals surface area contributed by atoms with Crippen molar-refractivity contribution in [2.45, 2.75) is 6.92 Å². The van der Waals surface area contributed by atoms with Gasteiger partial charge in [-0.1, -0.05) is 0 Å². The van der Waals surface area contributed by atoms with Gasteiger partial charge in [-0.3, -0.25) is 0 Å². The van der Waals surface area contributed by atoms with Gasteiger partial charge in [0.1, 0.15) is 11.6 Å². The Balaban J connectivity index is 2.58. The van der Waals surface area contributed by atoms with Crippen LogP contribution in [0, 0.1) is 18.6 Å². The van der Waals surface area contributed by atoms with Gasteiger partial charge in [-0.2, -0.15) is 0 Å². The number of halogens is 2. The summed E-state index contributed by atoms with van der Waals surface area (Å²) >= 11 is 1.42. The van der Waals surface area contributed by atoms with Crippen molar-refractivity contribution >= 4 is 17.0 Å². The Bertz CT molecular complexity index is 505. The predicted octanol–water partition coefficient (Wildman–Crippen LogP) is 3.58. The summed E-state index contributed by atoms with van der Waals surface area (Å²) in [5.74, 6) is -1.08. The lowest BCUT2D eigenvalue weighted by Gasteiger charge is -2.02. The van der Waals surface area contributed by atoms with Crippen molar-refractivity contribution in [3.8, 4) is 10.4 Å². The van der Waals surface area contributed by atoms with Crippen LogP contribution in [0.4, 0.5) is 14.5 Å². The summed E-state index contributed by atoms with van der Waals surface area (Å²) in [7, 11) is 0. The molecule has 0 amide bonds. The van der Waals surface area contributed by atoms with Gasteiger partial charge in [0, 0.05) is 21.4 Å². The molecule has 1 aromatic carbocycles. The summed E-state index contributed by atoms with van der Waals surface area (Å²) in [5.41, 5.74) is 5.36. The molecule has 0 aliphatic carbocycles. The van der Waals surface area contributed by atoms with Crippen molar-refractivity contribution in [2.75, 3.05) is 5.73 Å². The number of thiophene rings is 1. The molecule has 0 saturated carbocycles. The predicted molar refractivity (Wildman–Crippen MR) is 58.8 cm³/mol. The molecule has 0 atom stereocenters. The van der Waals surface area contributed by atoms with Crippen molar-refractivity contribution in [1.82, 2.24) is 0 Å². The van der Waals surface area contributed by atoms with Gasteiger partial charge < -0.3 is 5.73 Å². The Hall–Kier alpha value is -1.42. The molecular formula is C11H9F2NS. The minimum atomic E-state index is -0.586. The van der Waals surface area contributed by atoms with Gasteiger partial charge in [-0.15, -0.1) is 11.3 Å². The van der Waals surface area contributed by atoms with E-state index in [0.717, 1.165) is 17.0 Å². The van der Waals surface area contributed by atoms with Gasteiger partial charge in [0.15, 0.2) is 0 Å². The molecule has 0 spiro atoms. The lowest BCUT2D eigenvalue weighted by molar-refractivity contribution is 0.607. The third kappa shape index (κ3) is 1.85. The third-order valence-corrected chi connectivity index (χ3v) is 3.13. The molecule has 0 saturated heterocycles. The number of hydrogen-bond donors (Lipinski definition) is 1. The SMILES string of the molecule is Cc1ccc(-c2cc(F)c(N)cc2F)s1. The number of rotatable bonds is 1. The molecule has 0 bridgehead atoms. The quantitative estimate of drug-likeness (QED) is 0.737. The Kier molecular flexibility index (Phi) is 2.44. The first kappa shape index (κ1) is 10.1. The molecule has 0 fully saturated rings. The second-order valence-electron chi connectivity index (χ2n) is 3.26. The van der Waals surface area contributed by atoms with E-state index in [1.54, 1.807) is 6.07 Å². The maximum absolute atomic E-state index is 13.5. The fourth-order valence-corrected chi connectivity index (χ4v) is 2.22. The summed E-state index contributed by atoms with van der Waals surface area (Å²) in [6.07, 6.45) is 0. The summed E-state index contributed by atoms with van der Waals surface area (Å²) in [6, 6.07) is 5.79. The zero-order valence-electron chi connectivity index (χ0n) is 8.05. The molecule has 2 aromatic rings. The Morgan fingerprint density at radius 1 is 1.13 bits per heavy atom. The van der Waals surface area contributed by atoms with Crippen molar-refractivity contribution in [3.05, 3.63) is 40.8 Å². The van der Waals surface area contributed by atoms with Crippen LogP contribution in [0.25, 0.3) is 10.4 Å². The number of anilines is 1. The van der Waals surface area contributed by atoms with Gasteiger partial charge in [-0.05, 0) is 25.1 Å². The molecular weight excluding hydrogens is 216 g/mol. The van der Waals surface area contributed by atoms with Crippen molar-refractivity contribution in [3.63, 3.8) is 0 Å². The molecule has 1 aromatic heterocycles. The largest absolute Gasteiger partial charge is 0.396 e. The normalized spacial score (nSPS) is 10.6. The number of hydrogen-bond acceptors (Lipinski definition) is 2. The molecule has 1 heterocycles. The highest BCUT2D eigenvalue weighted by molar-refractivity contribution is 7.15. The lowest BCUT2D eigenvalue weighted by atomic mass is 10.1. The molecule has 0 unspecified atom stereocenters. The zero-order chi connectivity index (χ0) is 11.0. The fourth-order valence-electron chi connectivity index (χ4n) is 1.33. The Labute approximate surface area is 90.2 Å². The number of nitrogens with two attached hydrogens (primary N) is 1. The standard InChI is InChI=1S/C11H9F2NS/c1-6-2-3-11(15-6)7-4-9(13)10(14)5-8(7)12/h2-5H,14H2,1H3. The van der Waals surface area contributed by atoms with Crippen LogP contribution in [0.2, 0.25) is 0 Å². The van der Waals surface area contributed by atoms with Gasteiger partial charge in [0.2, 0.25) is 0 Å². The van der Waals surface area contributed by atoms with Crippen molar-refractivity contribution in [2.24, 2.45) is 0 Å². The maximum Gasteiger partial charge on any atom is 0.146 e. The number of nitrogen functional groups attached to an aromatic ring is 1. The van der Waals surface area contributed by atoms with E-state index in [4.69, 9.17) is 5.73 Å². The van der Waals surface area contributed by atoms with Gasteiger partial charge >= 0.3 is 0 Å². The van der Waals surface area contributed by atoms with E-state index in [0.29, 0.717) is 4.88 Å². The topological polar surface area (TPSA) is 26.0 Å². The second kappa shape index (κ2) is 3.62. The van der Waals surface area contributed by atoms with E-state index >= 15 is 0 Å². The van der Waals surface area contributed by atoms with E-state index in [1.807, 2.05) is 13.0 Å². The Morgan fingerprint density at radius 2 is 1.87 bits per heavy atom. The highest BCUT2D eigenvalue weighted by Gasteiger charge is 2.10. The molecule has 2 rings (SSSR count). The minimum absolute atomic E-state index is 0.162. The average Bonchev–Trinajstić information content (AvgIpc) is 2.58. The molecule has 2 N–H and O–H groups in total. The number of aryl methyl sites for hydroxylation is 1. The Morgan fingerprint density at radius 3 is 2.47 bits per heavy atom. The summed E-state index contributed by atoms with van der Waals surface area (Å²) < 4.78 is 26.7. The second-order valence-corrected chi connectivity index (χ2v) is 4.55.